The maximum Gasteiger partial charge on any atom is 0.243 e. The second-order valence-corrected chi connectivity index (χ2v) is 7.74. The Balaban J connectivity index is 0.00000242. The Bertz CT molecular complexity index is 598. The molecule has 0 amide bonds. The van der Waals surface area contributed by atoms with Gasteiger partial charge >= 0.3 is 0 Å². The number of nitrogens with one attached hydrogen (secondary N) is 1. The molecule has 1 unspecified atom stereocenters. The molecule has 1 saturated heterocycles. The van der Waals surface area contributed by atoms with Crippen molar-refractivity contribution < 1.29 is 13.2 Å². The Labute approximate surface area is 147 Å². The summed E-state index contributed by atoms with van der Waals surface area (Å²) in [5.41, 5.74) is 0. The van der Waals surface area contributed by atoms with Crippen LogP contribution < -0.4 is 10.1 Å². The van der Waals surface area contributed by atoms with E-state index in [-0.39, 0.29) is 18.4 Å². The first-order valence-electron chi connectivity index (χ1n) is 7.09. The maximum absolute atomic E-state index is 12.8. The summed E-state index contributed by atoms with van der Waals surface area (Å²) < 4.78 is 33.2. The standard InChI is InChI=1S/C14H21BrN2O3S.ClH/c1-3-20-14-7-6-12(9-13(14)15)21(18,19)17-8-4-5-11(17)10-16-2;/h6-7,9,11,16H,3-5,8,10H2,1-2H3;1H. The highest BCUT2D eigenvalue weighted by Crippen LogP contribution is 2.31. The normalized spacial score (nSPS) is 19.0. The number of halogens is 2. The smallest absolute Gasteiger partial charge is 0.243 e. The fourth-order valence-corrected chi connectivity index (χ4v) is 4.98. The van der Waals surface area contributed by atoms with Gasteiger partial charge < -0.3 is 10.1 Å². The van der Waals surface area contributed by atoms with Gasteiger partial charge in [-0.3, -0.25) is 0 Å². The zero-order valence-corrected chi connectivity index (χ0v) is 15.9. The molecule has 1 fully saturated rings. The first-order valence-corrected chi connectivity index (χ1v) is 9.32. The maximum atomic E-state index is 12.8. The molecule has 1 aromatic rings. The van der Waals surface area contributed by atoms with Gasteiger partial charge in [0.1, 0.15) is 5.75 Å². The average Bonchev–Trinajstić information content (AvgIpc) is 2.90. The van der Waals surface area contributed by atoms with Crippen LogP contribution >= 0.6 is 28.3 Å². The summed E-state index contributed by atoms with van der Waals surface area (Å²) in [6.45, 7) is 3.70. The van der Waals surface area contributed by atoms with Gasteiger partial charge in [0.05, 0.1) is 16.0 Å². The molecule has 2 rings (SSSR count). The van der Waals surface area contributed by atoms with Crippen LogP contribution in [-0.4, -0.2) is 45.5 Å². The van der Waals surface area contributed by atoms with E-state index in [2.05, 4.69) is 21.2 Å². The zero-order valence-electron chi connectivity index (χ0n) is 12.7. The van der Waals surface area contributed by atoms with E-state index < -0.39 is 10.0 Å². The molecule has 0 radical (unpaired) electrons. The van der Waals surface area contributed by atoms with Crippen LogP contribution in [0.4, 0.5) is 0 Å². The number of likely N-dealkylation sites (N-methyl/N-ethyl adjacent to an activating group) is 1. The predicted octanol–water partition coefficient (Wildman–Crippen LogP) is 2.64. The Morgan fingerprint density at radius 2 is 2.18 bits per heavy atom. The third kappa shape index (κ3) is 4.14. The summed E-state index contributed by atoms with van der Waals surface area (Å²) in [4.78, 5) is 0.306. The van der Waals surface area contributed by atoms with E-state index in [0.29, 0.717) is 34.8 Å². The van der Waals surface area contributed by atoms with Gasteiger partial charge in [0.25, 0.3) is 0 Å². The van der Waals surface area contributed by atoms with Crippen LogP contribution in [0, 0.1) is 0 Å². The fourth-order valence-electron chi connectivity index (χ4n) is 2.62. The van der Waals surface area contributed by atoms with Gasteiger partial charge in [0, 0.05) is 19.1 Å². The molecule has 0 bridgehead atoms. The van der Waals surface area contributed by atoms with Crippen molar-refractivity contribution in [3.8, 4) is 5.75 Å². The highest BCUT2D eigenvalue weighted by molar-refractivity contribution is 9.10. The second-order valence-electron chi connectivity index (χ2n) is 4.99. The molecule has 1 aromatic carbocycles. The number of ether oxygens (including phenoxy) is 1. The van der Waals surface area contributed by atoms with E-state index in [1.54, 1.807) is 22.5 Å². The van der Waals surface area contributed by atoms with Crippen molar-refractivity contribution in [3.63, 3.8) is 0 Å². The molecule has 1 atom stereocenters. The van der Waals surface area contributed by atoms with Crippen molar-refractivity contribution in [2.45, 2.75) is 30.7 Å². The largest absolute Gasteiger partial charge is 0.493 e. The molecule has 126 valence electrons. The lowest BCUT2D eigenvalue weighted by Gasteiger charge is -2.24. The minimum absolute atomic E-state index is 0. The van der Waals surface area contributed by atoms with E-state index in [4.69, 9.17) is 4.74 Å². The minimum Gasteiger partial charge on any atom is -0.493 e. The third-order valence-electron chi connectivity index (χ3n) is 3.57. The van der Waals surface area contributed by atoms with Gasteiger partial charge in [0.2, 0.25) is 10.0 Å². The monoisotopic (exact) mass is 412 g/mol. The summed E-state index contributed by atoms with van der Waals surface area (Å²) in [6.07, 6.45) is 1.81. The molecule has 1 aliphatic heterocycles. The highest BCUT2D eigenvalue weighted by atomic mass is 79.9. The van der Waals surface area contributed by atoms with Gasteiger partial charge in [-0.1, -0.05) is 0 Å². The molecular weight excluding hydrogens is 392 g/mol. The lowest BCUT2D eigenvalue weighted by Crippen LogP contribution is -2.40. The van der Waals surface area contributed by atoms with Crippen LogP contribution in [0.5, 0.6) is 5.75 Å². The van der Waals surface area contributed by atoms with Crippen molar-refractivity contribution >= 4 is 38.4 Å². The minimum atomic E-state index is -3.46. The number of rotatable bonds is 6. The van der Waals surface area contributed by atoms with Crippen LogP contribution in [0.2, 0.25) is 0 Å². The van der Waals surface area contributed by atoms with E-state index in [1.165, 1.54) is 0 Å². The molecule has 8 heteroatoms. The Hall–Kier alpha value is -0.340. The van der Waals surface area contributed by atoms with E-state index >= 15 is 0 Å². The Kier molecular flexibility index (Phi) is 7.61. The van der Waals surface area contributed by atoms with Gasteiger partial charge in [0.15, 0.2) is 0 Å². The molecule has 22 heavy (non-hydrogen) atoms. The van der Waals surface area contributed by atoms with Crippen molar-refractivity contribution in [3.05, 3.63) is 22.7 Å². The van der Waals surface area contributed by atoms with E-state index in [9.17, 15) is 8.42 Å². The molecule has 0 saturated carbocycles. The lowest BCUT2D eigenvalue weighted by atomic mass is 10.2. The molecule has 0 spiro atoms. The van der Waals surface area contributed by atoms with Crippen LogP contribution in [0.1, 0.15) is 19.8 Å². The molecule has 5 nitrogen and oxygen atoms in total. The second kappa shape index (κ2) is 8.49. The third-order valence-corrected chi connectivity index (χ3v) is 6.14. The van der Waals surface area contributed by atoms with Crippen molar-refractivity contribution in [1.82, 2.24) is 9.62 Å². The average molecular weight is 414 g/mol. The fraction of sp³-hybridized carbons (Fsp3) is 0.571. The quantitative estimate of drug-likeness (QED) is 0.779. The Morgan fingerprint density at radius 1 is 1.45 bits per heavy atom. The van der Waals surface area contributed by atoms with Crippen molar-refractivity contribution in [2.24, 2.45) is 0 Å². The summed E-state index contributed by atoms with van der Waals surface area (Å²) in [5, 5.41) is 3.07. The molecular formula is C14H22BrClN2O3S. The number of sulfonamides is 1. The van der Waals surface area contributed by atoms with Crippen LogP contribution in [0.15, 0.2) is 27.6 Å². The molecule has 1 N–H and O–H groups in total. The zero-order chi connectivity index (χ0) is 15.5. The first kappa shape index (κ1) is 19.7. The molecule has 0 aliphatic carbocycles. The van der Waals surface area contributed by atoms with Gasteiger partial charge in [-0.2, -0.15) is 4.31 Å². The highest BCUT2D eigenvalue weighted by Gasteiger charge is 2.35. The molecule has 1 aliphatic rings. The number of hydrogen-bond donors (Lipinski definition) is 1. The van der Waals surface area contributed by atoms with Crippen LogP contribution in [0.3, 0.4) is 0 Å². The summed E-state index contributed by atoms with van der Waals surface area (Å²) in [6, 6.07) is 4.96. The summed E-state index contributed by atoms with van der Waals surface area (Å²) in [5.74, 6) is 0.657. The van der Waals surface area contributed by atoms with Crippen molar-refractivity contribution in [1.29, 1.82) is 0 Å². The van der Waals surface area contributed by atoms with Gasteiger partial charge in [-0.05, 0) is 60.9 Å². The lowest BCUT2D eigenvalue weighted by molar-refractivity contribution is 0.337. The van der Waals surface area contributed by atoms with Gasteiger partial charge in [-0.25, -0.2) is 8.42 Å². The van der Waals surface area contributed by atoms with Gasteiger partial charge in [-0.15, -0.1) is 12.4 Å². The van der Waals surface area contributed by atoms with Crippen molar-refractivity contribution in [2.75, 3.05) is 26.7 Å². The summed E-state index contributed by atoms with van der Waals surface area (Å²) >= 11 is 3.37. The number of benzene rings is 1. The first-order chi connectivity index (χ1) is 10.0. The predicted molar refractivity (Wildman–Crippen MR) is 93.4 cm³/mol. The van der Waals surface area contributed by atoms with E-state index in [0.717, 1.165) is 12.8 Å². The Morgan fingerprint density at radius 3 is 2.77 bits per heavy atom. The molecule has 0 aromatic heterocycles. The van der Waals surface area contributed by atoms with Crippen LogP contribution in [-0.2, 0) is 10.0 Å². The van der Waals surface area contributed by atoms with E-state index in [1.807, 2.05) is 14.0 Å². The summed E-state index contributed by atoms with van der Waals surface area (Å²) in [7, 11) is -1.61. The van der Waals surface area contributed by atoms with Crippen LogP contribution in [0.25, 0.3) is 0 Å². The topological polar surface area (TPSA) is 58.6 Å². The molecule has 1 heterocycles. The SMILES string of the molecule is CCOc1ccc(S(=O)(=O)N2CCCC2CNC)cc1Br.Cl. The number of hydrogen-bond acceptors (Lipinski definition) is 4. The number of nitrogens with zero attached hydrogens (tertiary/aromatic N) is 1.